The Morgan fingerprint density at radius 1 is 1.33 bits per heavy atom. The van der Waals surface area contributed by atoms with Crippen LogP contribution in [0.4, 0.5) is 0 Å². The maximum atomic E-state index is 12.4. The minimum atomic E-state index is -0.0887. The van der Waals surface area contributed by atoms with E-state index < -0.39 is 0 Å². The predicted octanol–water partition coefficient (Wildman–Crippen LogP) is 1.81. The van der Waals surface area contributed by atoms with Crippen molar-refractivity contribution in [3.63, 3.8) is 0 Å². The van der Waals surface area contributed by atoms with Crippen molar-refractivity contribution < 1.29 is 9.53 Å². The van der Waals surface area contributed by atoms with Gasteiger partial charge in [0, 0.05) is 13.1 Å². The Bertz CT molecular complexity index is 483. The van der Waals surface area contributed by atoms with Crippen molar-refractivity contribution >= 4 is 5.91 Å². The van der Waals surface area contributed by atoms with Crippen LogP contribution in [0.3, 0.4) is 0 Å². The summed E-state index contributed by atoms with van der Waals surface area (Å²) in [6.07, 6.45) is 0.0684. The summed E-state index contributed by atoms with van der Waals surface area (Å²) in [5, 5.41) is 9.02. The lowest BCUT2D eigenvalue weighted by Gasteiger charge is -2.35. The molecule has 4 heteroatoms. The van der Waals surface area contributed by atoms with Crippen LogP contribution in [0, 0.1) is 11.3 Å². The topological polar surface area (TPSA) is 53.3 Å². The second-order valence-electron chi connectivity index (χ2n) is 4.62. The Hall–Kier alpha value is -1.86. The Kier molecular flexibility index (Phi) is 3.63. The van der Waals surface area contributed by atoms with Gasteiger partial charge in [-0.15, -0.1) is 0 Å². The molecule has 0 saturated carbocycles. The van der Waals surface area contributed by atoms with Crippen LogP contribution in [0.25, 0.3) is 0 Å². The molecule has 0 aliphatic carbocycles. The Morgan fingerprint density at radius 2 is 1.94 bits per heavy atom. The van der Waals surface area contributed by atoms with Gasteiger partial charge in [-0.2, -0.15) is 5.26 Å². The van der Waals surface area contributed by atoms with Crippen LogP contribution < -0.4 is 0 Å². The summed E-state index contributed by atoms with van der Waals surface area (Å²) in [7, 11) is 0. The molecular weight excluding hydrogens is 228 g/mol. The van der Waals surface area contributed by atoms with Gasteiger partial charge in [0.1, 0.15) is 0 Å². The zero-order chi connectivity index (χ0) is 13.1. The zero-order valence-electron chi connectivity index (χ0n) is 10.6. The monoisotopic (exact) mass is 244 g/mol. The molecule has 18 heavy (non-hydrogen) atoms. The highest BCUT2D eigenvalue weighted by molar-refractivity contribution is 5.96. The molecule has 1 aromatic carbocycles. The molecule has 0 bridgehead atoms. The zero-order valence-corrected chi connectivity index (χ0v) is 10.6. The fourth-order valence-corrected chi connectivity index (χ4v) is 2.28. The third kappa shape index (κ3) is 2.52. The molecule has 0 N–H and O–H groups in total. The minimum Gasteiger partial charge on any atom is -0.372 e. The number of hydrogen-bond acceptors (Lipinski definition) is 3. The molecule has 1 aromatic rings. The first-order chi connectivity index (χ1) is 8.61. The smallest absolute Gasteiger partial charge is 0.255 e. The summed E-state index contributed by atoms with van der Waals surface area (Å²) in [4.78, 5) is 14.1. The number of rotatable bonds is 1. The molecule has 1 fully saturated rings. The van der Waals surface area contributed by atoms with E-state index >= 15 is 0 Å². The Balaban J connectivity index is 2.23. The van der Waals surface area contributed by atoms with Gasteiger partial charge < -0.3 is 9.64 Å². The van der Waals surface area contributed by atoms with Crippen molar-refractivity contribution in [2.45, 2.75) is 26.1 Å². The van der Waals surface area contributed by atoms with E-state index in [1.54, 1.807) is 29.2 Å². The highest BCUT2D eigenvalue weighted by Crippen LogP contribution is 2.16. The largest absolute Gasteiger partial charge is 0.372 e. The second-order valence-corrected chi connectivity index (χ2v) is 4.62. The minimum absolute atomic E-state index is 0.0342. The van der Waals surface area contributed by atoms with E-state index in [1.807, 2.05) is 13.8 Å². The highest BCUT2D eigenvalue weighted by Gasteiger charge is 2.27. The fourth-order valence-electron chi connectivity index (χ4n) is 2.28. The second kappa shape index (κ2) is 5.19. The summed E-state index contributed by atoms with van der Waals surface area (Å²) in [5.74, 6) is -0.0887. The number of benzene rings is 1. The van der Waals surface area contributed by atoms with Crippen molar-refractivity contribution in [2.24, 2.45) is 0 Å². The molecule has 0 spiro atoms. The molecule has 4 nitrogen and oxygen atoms in total. The number of nitriles is 1. The van der Waals surface area contributed by atoms with Gasteiger partial charge in [0.05, 0.1) is 29.4 Å². The molecular formula is C14H16N2O2. The van der Waals surface area contributed by atoms with Crippen LogP contribution in [0.1, 0.15) is 29.8 Å². The van der Waals surface area contributed by atoms with Gasteiger partial charge in [0.25, 0.3) is 5.91 Å². The third-order valence-electron chi connectivity index (χ3n) is 2.98. The average Bonchev–Trinajstić information content (AvgIpc) is 2.36. The van der Waals surface area contributed by atoms with Crippen molar-refractivity contribution in [1.29, 1.82) is 5.26 Å². The standard InChI is InChI=1S/C14H16N2O2/c1-10-8-16(9-11(2)18-10)14(17)13-6-4-3-5-12(13)7-15/h3-6,10-11H,8-9H2,1-2H3/t10-,11+. The van der Waals surface area contributed by atoms with Gasteiger partial charge in [0.15, 0.2) is 0 Å². The third-order valence-corrected chi connectivity index (χ3v) is 2.98. The first-order valence-corrected chi connectivity index (χ1v) is 6.05. The van der Waals surface area contributed by atoms with E-state index in [4.69, 9.17) is 10.00 Å². The number of hydrogen-bond donors (Lipinski definition) is 0. The van der Waals surface area contributed by atoms with Gasteiger partial charge in [0.2, 0.25) is 0 Å². The van der Waals surface area contributed by atoms with E-state index in [-0.39, 0.29) is 18.1 Å². The molecule has 0 aromatic heterocycles. The van der Waals surface area contributed by atoms with Gasteiger partial charge in [-0.25, -0.2) is 0 Å². The summed E-state index contributed by atoms with van der Waals surface area (Å²) in [5.41, 5.74) is 0.899. The van der Waals surface area contributed by atoms with Crippen LogP contribution >= 0.6 is 0 Å². The summed E-state index contributed by atoms with van der Waals surface area (Å²) < 4.78 is 5.60. The quantitative estimate of drug-likeness (QED) is 0.757. The molecule has 94 valence electrons. The Labute approximate surface area is 107 Å². The van der Waals surface area contributed by atoms with E-state index in [9.17, 15) is 4.79 Å². The van der Waals surface area contributed by atoms with Crippen molar-refractivity contribution in [3.05, 3.63) is 35.4 Å². The van der Waals surface area contributed by atoms with Gasteiger partial charge in [-0.05, 0) is 26.0 Å². The predicted molar refractivity (Wildman–Crippen MR) is 67.1 cm³/mol. The van der Waals surface area contributed by atoms with Gasteiger partial charge in [-0.3, -0.25) is 4.79 Å². The van der Waals surface area contributed by atoms with Gasteiger partial charge in [-0.1, -0.05) is 12.1 Å². The van der Waals surface area contributed by atoms with Crippen LogP contribution in [0.2, 0.25) is 0 Å². The van der Waals surface area contributed by atoms with Crippen molar-refractivity contribution in [1.82, 2.24) is 4.90 Å². The molecule has 1 aliphatic rings. The maximum Gasteiger partial charge on any atom is 0.255 e. The molecule has 1 aliphatic heterocycles. The molecule has 2 rings (SSSR count). The summed E-state index contributed by atoms with van der Waals surface area (Å²) >= 11 is 0. The number of carbonyl (C=O) groups excluding carboxylic acids is 1. The van der Waals surface area contributed by atoms with Crippen LogP contribution in [-0.4, -0.2) is 36.1 Å². The van der Waals surface area contributed by atoms with Crippen LogP contribution in [0.5, 0.6) is 0 Å². The molecule has 0 unspecified atom stereocenters. The van der Waals surface area contributed by atoms with Crippen molar-refractivity contribution in [2.75, 3.05) is 13.1 Å². The summed E-state index contributed by atoms with van der Waals surface area (Å²) in [6, 6.07) is 8.97. The molecule has 1 amide bonds. The molecule has 2 atom stereocenters. The number of ether oxygens (including phenoxy) is 1. The van der Waals surface area contributed by atoms with Crippen LogP contribution in [0.15, 0.2) is 24.3 Å². The number of morpholine rings is 1. The number of amides is 1. The van der Waals surface area contributed by atoms with E-state index in [2.05, 4.69) is 6.07 Å². The fraction of sp³-hybridized carbons (Fsp3) is 0.429. The lowest BCUT2D eigenvalue weighted by Crippen LogP contribution is -2.48. The SMILES string of the molecule is C[C@@H]1CN(C(=O)c2ccccc2C#N)C[C@H](C)O1. The first kappa shape index (κ1) is 12.6. The molecule has 1 heterocycles. The maximum absolute atomic E-state index is 12.4. The molecule has 1 saturated heterocycles. The number of nitrogens with zero attached hydrogens (tertiary/aromatic N) is 2. The van der Waals surface area contributed by atoms with E-state index in [0.29, 0.717) is 24.2 Å². The van der Waals surface area contributed by atoms with Gasteiger partial charge >= 0.3 is 0 Å². The lowest BCUT2D eigenvalue weighted by molar-refractivity contribution is -0.0586. The van der Waals surface area contributed by atoms with Crippen molar-refractivity contribution in [3.8, 4) is 6.07 Å². The highest BCUT2D eigenvalue weighted by atomic mass is 16.5. The first-order valence-electron chi connectivity index (χ1n) is 6.05. The number of carbonyl (C=O) groups is 1. The Morgan fingerprint density at radius 3 is 2.56 bits per heavy atom. The molecule has 0 radical (unpaired) electrons. The summed E-state index contributed by atoms with van der Waals surface area (Å²) in [6.45, 7) is 5.05. The van der Waals surface area contributed by atoms with E-state index in [1.165, 1.54) is 0 Å². The average molecular weight is 244 g/mol. The van der Waals surface area contributed by atoms with Crippen LogP contribution in [-0.2, 0) is 4.74 Å². The lowest BCUT2D eigenvalue weighted by atomic mass is 10.1. The normalized spacial score (nSPS) is 23.5. The van der Waals surface area contributed by atoms with E-state index in [0.717, 1.165) is 0 Å².